The van der Waals surface area contributed by atoms with E-state index < -0.39 is 25.6 Å². The summed E-state index contributed by atoms with van der Waals surface area (Å²) in [6.45, 7) is 5.53. The first-order chi connectivity index (χ1) is 8.99. The van der Waals surface area contributed by atoms with Gasteiger partial charge >= 0.3 is 12.1 Å². The Bertz CT molecular complexity index is 506. The highest BCUT2D eigenvalue weighted by Gasteiger charge is 2.39. The molecule has 8 heteroatoms. The molecule has 0 N–H and O–H groups in total. The van der Waals surface area contributed by atoms with Gasteiger partial charge in [0, 0.05) is 4.90 Å². The molecule has 0 radical (unpaired) electrons. The molecule has 0 spiro atoms. The molecule has 0 atom stereocenters. The largest absolute Gasteiger partial charge is 0.516 e. The van der Waals surface area contributed by atoms with Crippen LogP contribution in [0.1, 0.15) is 10.4 Å². The molecule has 0 bridgehead atoms. The van der Waals surface area contributed by atoms with Crippen LogP contribution in [-0.2, 0) is 9.22 Å². The summed E-state index contributed by atoms with van der Waals surface area (Å²) in [5, 5.41) is -1.89. The zero-order valence-electron chi connectivity index (χ0n) is 11.1. The molecule has 0 aliphatic heterocycles. The summed E-state index contributed by atoms with van der Waals surface area (Å²) in [6, 6.07) is 5.26. The molecule has 1 aromatic rings. The second-order valence-electron chi connectivity index (χ2n) is 4.91. The van der Waals surface area contributed by atoms with Crippen molar-refractivity contribution in [3.63, 3.8) is 0 Å². The molecule has 20 heavy (non-hydrogen) atoms. The van der Waals surface area contributed by atoms with Gasteiger partial charge in [-0.15, -0.1) is 0 Å². The number of thioether (sulfide) groups is 1. The first-order valence-corrected chi connectivity index (χ1v) is 9.84. The Morgan fingerprint density at radius 3 is 2.00 bits per heavy atom. The highest BCUT2D eigenvalue weighted by molar-refractivity contribution is 8.13. The van der Waals surface area contributed by atoms with Crippen molar-refractivity contribution < 1.29 is 27.2 Å². The van der Waals surface area contributed by atoms with Crippen molar-refractivity contribution in [3.05, 3.63) is 29.8 Å². The minimum atomic E-state index is -4.87. The summed E-state index contributed by atoms with van der Waals surface area (Å²) in [4.78, 5) is 22.6. The fourth-order valence-corrected chi connectivity index (χ4v) is 2.44. The first-order valence-electron chi connectivity index (χ1n) is 5.61. The SMILES string of the molecule is C[Si](C)(C)OC(=O)c1ccc(SC(=O)C(F)(F)F)cc1. The van der Waals surface area contributed by atoms with Crippen LogP contribution in [0.15, 0.2) is 29.2 Å². The lowest BCUT2D eigenvalue weighted by molar-refractivity contribution is -0.160. The van der Waals surface area contributed by atoms with Crippen LogP contribution in [0.4, 0.5) is 13.2 Å². The number of carbonyl (C=O) groups is 2. The van der Waals surface area contributed by atoms with Crippen LogP contribution in [-0.4, -0.2) is 25.6 Å². The molecule has 1 aromatic carbocycles. The molecule has 0 saturated heterocycles. The third-order valence-electron chi connectivity index (χ3n) is 1.93. The topological polar surface area (TPSA) is 43.4 Å². The average molecular weight is 322 g/mol. The van der Waals surface area contributed by atoms with E-state index in [-0.39, 0.29) is 22.2 Å². The van der Waals surface area contributed by atoms with Crippen molar-refractivity contribution in [1.82, 2.24) is 0 Å². The van der Waals surface area contributed by atoms with E-state index in [1.807, 2.05) is 19.6 Å². The van der Waals surface area contributed by atoms with E-state index in [0.29, 0.717) is 0 Å². The van der Waals surface area contributed by atoms with E-state index in [4.69, 9.17) is 4.43 Å². The molecule has 3 nitrogen and oxygen atoms in total. The maximum Gasteiger partial charge on any atom is 0.461 e. The standard InChI is InChI=1S/C12H13F3O3SSi/c1-20(2,3)18-10(16)8-4-6-9(7-5-8)19-11(17)12(13,14)15/h4-7H,1-3H3. The molecular formula is C12H13F3O3SSi. The second-order valence-corrected chi connectivity index (χ2v) is 10.4. The summed E-state index contributed by atoms with van der Waals surface area (Å²) >= 11 is 0.0767. The van der Waals surface area contributed by atoms with Crippen molar-refractivity contribution in [1.29, 1.82) is 0 Å². The van der Waals surface area contributed by atoms with Crippen molar-refractivity contribution >= 4 is 31.2 Å². The van der Waals surface area contributed by atoms with E-state index in [2.05, 4.69) is 0 Å². The average Bonchev–Trinajstić information content (AvgIpc) is 2.26. The normalized spacial score (nSPS) is 12.1. The molecule has 0 saturated carbocycles. The number of hydrogen-bond donors (Lipinski definition) is 0. The lowest BCUT2D eigenvalue weighted by atomic mass is 10.2. The number of rotatable bonds is 3. The zero-order chi connectivity index (χ0) is 15.6. The van der Waals surface area contributed by atoms with Gasteiger partial charge in [-0.1, -0.05) is 0 Å². The Kier molecular flexibility index (Phi) is 5.03. The van der Waals surface area contributed by atoms with Gasteiger partial charge in [-0.25, -0.2) is 4.79 Å². The van der Waals surface area contributed by atoms with Crippen LogP contribution in [0, 0.1) is 0 Å². The highest BCUT2D eigenvalue weighted by Crippen LogP contribution is 2.29. The Morgan fingerprint density at radius 1 is 1.10 bits per heavy atom. The summed E-state index contributed by atoms with van der Waals surface area (Å²) in [6.07, 6.45) is -4.87. The smallest absolute Gasteiger partial charge is 0.461 e. The van der Waals surface area contributed by atoms with Crippen LogP contribution in [0.2, 0.25) is 19.6 Å². The molecule has 0 aliphatic carbocycles. The fourth-order valence-electron chi connectivity index (χ4n) is 1.16. The first kappa shape index (κ1) is 16.8. The summed E-state index contributed by atoms with van der Waals surface area (Å²) in [5.41, 5.74) is 0.247. The van der Waals surface area contributed by atoms with Gasteiger partial charge in [-0.3, -0.25) is 4.79 Å². The lowest BCUT2D eigenvalue weighted by Gasteiger charge is -2.17. The molecular weight excluding hydrogens is 309 g/mol. The fraction of sp³-hybridized carbons (Fsp3) is 0.333. The summed E-state index contributed by atoms with van der Waals surface area (Å²) < 4.78 is 41.5. The second kappa shape index (κ2) is 6.00. The van der Waals surface area contributed by atoms with Gasteiger partial charge in [0.15, 0.2) is 0 Å². The third kappa shape index (κ3) is 5.38. The predicted molar refractivity (Wildman–Crippen MR) is 72.1 cm³/mol. The summed E-state index contributed by atoms with van der Waals surface area (Å²) in [5.74, 6) is -0.511. The van der Waals surface area contributed by atoms with Crippen LogP contribution in [0.5, 0.6) is 0 Å². The minimum Gasteiger partial charge on any atom is -0.516 e. The molecule has 0 unspecified atom stereocenters. The van der Waals surface area contributed by atoms with E-state index in [9.17, 15) is 22.8 Å². The van der Waals surface area contributed by atoms with Gasteiger partial charge in [0.1, 0.15) is 0 Å². The predicted octanol–water partition coefficient (Wildman–Crippen LogP) is 3.86. The zero-order valence-corrected chi connectivity index (χ0v) is 12.9. The monoisotopic (exact) mass is 322 g/mol. The van der Waals surface area contributed by atoms with Crippen molar-refractivity contribution in [2.24, 2.45) is 0 Å². The molecule has 0 aliphatic rings. The Labute approximate surface area is 119 Å². The van der Waals surface area contributed by atoms with Crippen LogP contribution >= 0.6 is 11.8 Å². The minimum absolute atomic E-state index is 0.0767. The lowest BCUT2D eigenvalue weighted by Crippen LogP contribution is -2.29. The number of benzene rings is 1. The van der Waals surface area contributed by atoms with Gasteiger partial charge in [0.2, 0.25) is 8.32 Å². The number of halogens is 3. The maximum atomic E-state index is 12.1. The molecule has 0 fully saturated rings. The molecule has 0 amide bonds. The maximum absolute atomic E-state index is 12.1. The van der Waals surface area contributed by atoms with Gasteiger partial charge in [0.05, 0.1) is 5.56 Å². The Hall–Kier alpha value is -1.28. The van der Waals surface area contributed by atoms with E-state index in [1.165, 1.54) is 24.3 Å². The van der Waals surface area contributed by atoms with Crippen molar-refractivity contribution in [2.75, 3.05) is 0 Å². The van der Waals surface area contributed by atoms with E-state index in [0.717, 1.165) is 0 Å². The molecule has 0 heterocycles. The quantitative estimate of drug-likeness (QED) is 0.626. The Balaban J connectivity index is 2.75. The van der Waals surface area contributed by atoms with Crippen LogP contribution in [0.25, 0.3) is 0 Å². The molecule has 1 rings (SSSR count). The van der Waals surface area contributed by atoms with E-state index >= 15 is 0 Å². The third-order valence-corrected chi connectivity index (χ3v) is 3.65. The number of hydrogen-bond acceptors (Lipinski definition) is 4. The van der Waals surface area contributed by atoms with Gasteiger partial charge in [-0.2, -0.15) is 13.2 Å². The number of carbonyl (C=O) groups excluding carboxylic acids is 2. The summed E-state index contributed by atoms with van der Waals surface area (Å²) in [7, 11) is -2.03. The van der Waals surface area contributed by atoms with Gasteiger partial charge < -0.3 is 4.43 Å². The van der Waals surface area contributed by atoms with Gasteiger partial charge in [-0.05, 0) is 55.7 Å². The molecule has 110 valence electrons. The van der Waals surface area contributed by atoms with Crippen LogP contribution in [0.3, 0.4) is 0 Å². The highest BCUT2D eigenvalue weighted by atomic mass is 32.2. The van der Waals surface area contributed by atoms with Crippen LogP contribution < -0.4 is 0 Å². The Morgan fingerprint density at radius 2 is 1.60 bits per heavy atom. The van der Waals surface area contributed by atoms with Gasteiger partial charge in [0.25, 0.3) is 5.12 Å². The van der Waals surface area contributed by atoms with E-state index in [1.54, 1.807) is 0 Å². The van der Waals surface area contributed by atoms with Crippen molar-refractivity contribution in [2.45, 2.75) is 30.7 Å². The number of alkyl halides is 3. The molecule has 0 aromatic heterocycles. The van der Waals surface area contributed by atoms with Crippen molar-refractivity contribution in [3.8, 4) is 0 Å².